The molecule has 0 atom stereocenters. The number of ether oxygens (including phenoxy) is 1. The number of rotatable bonds is 2. The van der Waals surface area contributed by atoms with Crippen LogP contribution in [0.15, 0.2) is 24.3 Å². The average molecular weight is 233 g/mol. The third-order valence-corrected chi connectivity index (χ3v) is 3.11. The fourth-order valence-electron chi connectivity index (χ4n) is 2.37. The van der Waals surface area contributed by atoms with Gasteiger partial charge in [0.25, 0.3) is 0 Å². The maximum atomic E-state index is 6.07. The molecular weight excluding hydrogens is 210 g/mol. The third kappa shape index (κ3) is 3.47. The molecule has 1 aliphatic heterocycles. The van der Waals surface area contributed by atoms with Gasteiger partial charge < -0.3 is 10.1 Å². The Hall–Kier alpha value is -1.02. The topological polar surface area (TPSA) is 21.3 Å². The first-order chi connectivity index (χ1) is 8.06. The predicted octanol–water partition coefficient (Wildman–Crippen LogP) is 3.33. The van der Waals surface area contributed by atoms with E-state index in [4.69, 9.17) is 4.74 Å². The second-order valence-electron chi connectivity index (χ2n) is 5.78. The lowest BCUT2D eigenvalue weighted by molar-refractivity contribution is 0.128. The Kier molecular flexibility index (Phi) is 3.72. The van der Waals surface area contributed by atoms with E-state index in [-0.39, 0.29) is 5.60 Å². The van der Waals surface area contributed by atoms with Gasteiger partial charge in [0.1, 0.15) is 11.4 Å². The van der Waals surface area contributed by atoms with Crippen LogP contribution in [0.2, 0.25) is 0 Å². The highest BCUT2D eigenvalue weighted by Gasteiger charge is 2.21. The second kappa shape index (κ2) is 5.09. The number of nitrogens with one attached hydrogen (secondary N) is 1. The number of hydrogen-bond acceptors (Lipinski definition) is 2. The van der Waals surface area contributed by atoms with Crippen LogP contribution < -0.4 is 10.1 Å². The maximum absolute atomic E-state index is 6.07. The van der Waals surface area contributed by atoms with Crippen molar-refractivity contribution in [1.29, 1.82) is 0 Å². The molecule has 0 radical (unpaired) electrons. The highest BCUT2D eigenvalue weighted by Crippen LogP contribution is 2.34. The smallest absolute Gasteiger partial charge is 0.123 e. The molecule has 2 rings (SSSR count). The van der Waals surface area contributed by atoms with Crippen molar-refractivity contribution in [3.63, 3.8) is 0 Å². The van der Waals surface area contributed by atoms with Crippen molar-refractivity contribution in [2.75, 3.05) is 13.1 Å². The summed E-state index contributed by atoms with van der Waals surface area (Å²) in [6, 6.07) is 8.50. The summed E-state index contributed by atoms with van der Waals surface area (Å²) in [6.45, 7) is 8.55. The van der Waals surface area contributed by atoms with E-state index in [1.54, 1.807) is 0 Å². The van der Waals surface area contributed by atoms with E-state index in [1.165, 1.54) is 18.4 Å². The van der Waals surface area contributed by atoms with E-state index in [0.717, 1.165) is 18.8 Å². The van der Waals surface area contributed by atoms with Gasteiger partial charge in [-0.3, -0.25) is 0 Å². The Labute approximate surface area is 104 Å². The van der Waals surface area contributed by atoms with Crippen LogP contribution in [-0.2, 0) is 0 Å². The number of para-hydroxylation sites is 1. The van der Waals surface area contributed by atoms with Crippen molar-refractivity contribution in [3.05, 3.63) is 29.8 Å². The lowest BCUT2D eigenvalue weighted by Gasteiger charge is -2.28. The summed E-state index contributed by atoms with van der Waals surface area (Å²) in [6.07, 6.45) is 2.43. The molecular formula is C15H23NO. The zero-order valence-corrected chi connectivity index (χ0v) is 11.1. The minimum Gasteiger partial charge on any atom is -0.488 e. The van der Waals surface area contributed by atoms with Gasteiger partial charge in [-0.1, -0.05) is 18.2 Å². The van der Waals surface area contributed by atoms with E-state index in [2.05, 4.69) is 50.4 Å². The molecule has 94 valence electrons. The summed E-state index contributed by atoms with van der Waals surface area (Å²) >= 11 is 0. The summed E-state index contributed by atoms with van der Waals surface area (Å²) in [5.74, 6) is 1.71. The molecule has 1 aromatic rings. The highest BCUT2D eigenvalue weighted by atomic mass is 16.5. The minimum absolute atomic E-state index is 0.122. The van der Waals surface area contributed by atoms with Crippen LogP contribution in [0.25, 0.3) is 0 Å². The van der Waals surface area contributed by atoms with Crippen LogP contribution in [-0.4, -0.2) is 18.7 Å². The fourth-order valence-corrected chi connectivity index (χ4v) is 2.37. The van der Waals surface area contributed by atoms with Gasteiger partial charge in [0, 0.05) is 0 Å². The zero-order chi connectivity index (χ0) is 12.3. The number of hydrogen-bond donors (Lipinski definition) is 1. The molecule has 2 nitrogen and oxygen atoms in total. The van der Waals surface area contributed by atoms with E-state index >= 15 is 0 Å². The summed E-state index contributed by atoms with van der Waals surface area (Å²) in [7, 11) is 0. The zero-order valence-electron chi connectivity index (χ0n) is 11.1. The van der Waals surface area contributed by atoms with Crippen molar-refractivity contribution in [3.8, 4) is 5.75 Å². The van der Waals surface area contributed by atoms with Gasteiger partial charge in [0.05, 0.1) is 0 Å². The lowest BCUT2D eigenvalue weighted by atomic mass is 9.89. The first kappa shape index (κ1) is 12.4. The van der Waals surface area contributed by atoms with E-state index in [0.29, 0.717) is 5.92 Å². The van der Waals surface area contributed by atoms with Gasteiger partial charge >= 0.3 is 0 Å². The SMILES string of the molecule is CC(C)(C)Oc1ccccc1C1CCNCC1. The van der Waals surface area contributed by atoms with Crippen molar-refractivity contribution >= 4 is 0 Å². The van der Waals surface area contributed by atoms with Crippen molar-refractivity contribution in [2.24, 2.45) is 0 Å². The van der Waals surface area contributed by atoms with E-state index in [1.807, 2.05) is 0 Å². The molecule has 1 heterocycles. The molecule has 0 bridgehead atoms. The molecule has 1 aromatic carbocycles. The third-order valence-electron chi connectivity index (χ3n) is 3.11. The molecule has 0 amide bonds. The van der Waals surface area contributed by atoms with Crippen LogP contribution in [0.5, 0.6) is 5.75 Å². The quantitative estimate of drug-likeness (QED) is 0.846. The average Bonchev–Trinajstić information content (AvgIpc) is 2.29. The molecule has 1 N–H and O–H groups in total. The fraction of sp³-hybridized carbons (Fsp3) is 0.600. The number of benzene rings is 1. The van der Waals surface area contributed by atoms with E-state index in [9.17, 15) is 0 Å². The normalized spacial score (nSPS) is 18.1. The number of piperidine rings is 1. The minimum atomic E-state index is -0.122. The first-order valence-corrected chi connectivity index (χ1v) is 6.55. The van der Waals surface area contributed by atoms with Gasteiger partial charge in [0.15, 0.2) is 0 Å². The van der Waals surface area contributed by atoms with Crippen molar-refractivity contribution in [1.82, 2.24) is 5.32 Å². The van der Waals surface area contributed by atoms with Crippen LogP contribution in [0.4, 0.5) is 0 Å². The van der Waals surface area contributed by atoms with Crippen molar-refractivity contribution < 1.29 is 4.74 Å². The molecule has 0 unspecified atom stereocenters. The van der Waals surface area contributed by atoms with Crippen LogP contribution >= 0.6 is 0 Å². The molecule has 17 heavy (non-hydrogen) atoms. The van der Waals surface area contributed by atoms with Crippen LogP contribution in [0, 0.1) is 0 Å². The van der Waals surface area contributed by atoms with Gasteiger partial charge in [-0.25, -0.2) is 0 Å². The molecule has 0 spiro atoms. The Bertz CT molecular complexity index is 361. The second-order valence-corrected chi connectivity index (χ2v) is 5.78. The first-order valence-electron chi connectivity index (χ1n) is 6.55. The standard InChI is InChI=1S/C15H23NO/c1-15(2,3)17-14-7-5-4-6-13(14)12-8-10-16-11-9-12/h4-7,12,16H,8-11H2,1-3H3. The molecule has 0 saturated carbocycles. The van der Waals surface area contributed by atoms with E-state index < -0.39 is 0 Å². The van der Waals surface area contributed by atoms with Gasteiger partial charge in [-0.05, 0) is 64.3 Å². The largest absolute Gasteiger partial charge is 0.488 e. The Morgan fingerprint density at radius 3 is 2.41 bits per heavy atom. The Morgan fingerprint density at radius 1 is 1.12 bits per heavy atom. The molecule has 1 aliphatic rings. The summed E-state index contributed by atoms with van der Waals surface area (Å²) in [4.78, 5) is 0. The predicted molar refractivity (Wildman–Crippen MR) is 71.7 cm³/mol. The maximum Gasteiger partial charge on any atom is 0.123 e. The summed E-state index contributed by atoms with van der Waals surface area (Å²) < 4.78 is 6.07. The molecule has 1 saturated heterocycles. The molecule has 0 aromatic heterocycles. The summed E-state index contributed by atoms with van der Waals surface area (Å²) in [5.41, 5.74) is 1.26. The van der Waals surface area contributed by atoms with Gasteiger partial charge in [-0.15, -0.1) is 0 Å². The summed E-state index contributed by atoms with van der Waals surface area (Å²) in [5, 5.41) is 3.41. The Balaban J connectivity index is 2.20. The van der Waals surface area contributed by atoms with Crippen LogP contribution in [0.1, 0.15) is 45.1 Å². The lowest BCUT2D eigenvalue weighted by Crippen LogP contribution is -2.28. The van der Waals surface area contributed by atoms with Gasteiger partial charge in [-0.2, -0.15) is 0 Å². The molecule has 0 aliphatic carbocycles. The van der Waals surface area contributed by atoms with Crippen molar-refractivity contribution in [2.45, 2.75) is 45.1 Å². The highest BCUT2D eigenvalue weighted by molar-refractivity contribution is 5.37. The molecule has 1 fully saturated rings. The Morgan fingerprint density at radius 2 is 1.76 bits per heavy atom. The van der Waals surface area contributed by atoms with Crippen LogP contribution in [0.3, 0.4) is 0 Å². The molecule has 2 heteroatoms. The monoisotopic (exact) mass is 233 g/mol. The van der Waals surface area contributed by atoms with Gasteiger partial charge in [0.2, 0.25) is 0 Å².